The highest BCUT2D eigenvalue weighted by molar-refractivity contribution is 5.98. The number of rotatable bonds is 3. The van der Waals surface area contributed by atoms with Crippen LogP contribution in [-0.2, 0) is 0 Å². The number of benzene rings is 1. The number of hydrogen-bond donors (Lipinski definition) is 2. The summed E-state index contributed by atoms with van der Waals surface area (Å²) in [5.74, 6) is -1.04. The van der Waals surface area contributed by atoms with Crippen molar-refractivity contribution in [3.05, 3.63) is 29.6 Å². The van der Waals surface area contributed by atoms with E-state index in [4.69, 9.17) is 5.73 Å². The van der Waals surface area contributed by atoms with Crippen LogP contribution in [0.4, 0.5) is 10.1 Å². The van der Waals surface area contributed by atoms with Gasteiger partial charge in [0.15, 0.2) is 0 Å². The van der Waals surface area contributed by atoms with Crippen LogP contribution in [0.5, 0.6) is 0 Å². The summed E-state index contributed by atoms with van der Waals surface area (Å²) in [6.45, 7) is 1.83. The fourth-order valence-electron chi connectivity index (χ4n) is 2.18. The molecule has 0 spiro atoms. The third-order valence-electron chi connectivity index (χ3n) is 3.19. The maximum Gasteiger partial charge on any atom is 0.250 e. The minimum absolute atomic E-state index is 0.236. The van der Waals surface area contributed by atoms with Crippen molar-refractivity contribution in [3.8, 4) is 0 Å². The summed E-state index contributed by atoms with van der Waals surface area (Å²) in [7, 11) is 1.90. The van der Waals surface area contributed by atoms with E-state index in [0.29, 0.717) is 11.7 Å². The molecule has 4 nitrogen and oxygen atoms in total. The first-order valence-corrected chi connectivity index (χ1v) is 5.62. The zero-order chi connectivity index (χ0) is 12.4. The van der Waals surface area contributed by atoms with E-state index in [1.165, 1.54) is 12.1 Å². The second-order valence-electron chi connectivity index (χ2n) is 4.28. The molecule has 17 heavy (non-hydrogen) atoms. The quantitative estimate of drug-likeness (QED) is 0.814. The van der Waals surface area contributed by atoms with Gasteiger partial charge in [-0.2, -0.15) is 0 Å². The Hall–Kier alpha value is -1.62. The molecule has 1 aromatic carbocycles. The summed E-state index contributed by atoms with van der Waals surface area (Å²) < 4.78 is 13.1. The van der Waals surface area contributed by atoms with E-state index in [9.17, 15) is 9.18 Å². The molecule has 0 aliphatic carbocycles. The highest BCUT2D eigenvalue weighted by Gasteiger charge is 2.22. The summed E-state index contributed by atoms with van der Waals surface area (Å²) in [5, 5.41) is 3.25. The van der Waals surface area contributed by atoms with Crippen molar-refractivity contribution in [1.82, 2.24) is 5.32 Å². The van der Waals surface area contributed by atoms with Crippen LogP contribution in [0.15, 0.2) is 18.2 Å². The number of likely N-dealkylation sites (N-methyl/N-ethyl adjacent to an activating group) is 1. The van der Waals surface area contributed by atoms with E-state index in [-0.39, 0.29) is 5.56 Å². The Labute approximate surface area is 99.6 Å². The molecule has 1 aromatic rings. The van der Waals surface area contributed by atoms with Gasteiger partial charge in [-0.3, -0.25) is 4.79 Å². The Morgan fingerprint density at radius 3 is 2.94 bits per heavy atom. The Bertz CT molecular complexity index is 430. The summed E-state index contributed by atoms with van der Waals surface area (Å²) in [6.07, 6.45) is 1.01. The van der Waals surface area contributed by atoms with Crippen LogP contribution in [0.1, 0.15) is 16.8 Å². The monoisotopic (exact) mass is 237 g/mol. The van der Waals surface area contributed by atoms with Gasteiger partial charge in [-0.15, -0.1) is 0 Å². The molecule has 1 fully saturated rings. The smallest absolute Gasteiger partial charge is 0.250 e. The van der Waals surface area contributed by atoms with Crippen molar-refractivity contribution in [2.24, 2.45) is 5.73 Å². The first-order chi connectivity index (χ1) is 8.09. The molecular weight excluding hydrogens is 221 g/mol. The molecule has 0 aromatic heterocycles. The van der Waals surface area contributed by atoms with Crippen LogP contribution in [-0.4, -0.2) is 32.1 Å². The number of carbonyl (C=O) groups excluding carboxylic acids is 1. The lowest BCUT2D eigenvalue weighted by molar-refractivity contribution is 0.100. The molecule has 0 bridgehead atoms. The summed E-state index contributed by atoms with van der Waals surface area (Å²) >= 11 is 0. The van der Waals surface area contributed by atoms with Crippen molar-refractivity contribution in [1.29, 1.82) is 0 Å². The van der Waals surface area contributed by atoms with Crippen LogP contribution < -0.4 is 16.0 Å². The van der Waals surface area contributed by atoms with Crippen LogP contribution in [0, 0.1) is 5.82 Å². The molecule has 1 heterocycles. The van der Waals surface area contributed by atoms with Gasteiger partial charge in [-0.05, 0) is 31.2 Å². The van der Waals surface area contributed by atoms with Crippen LogP contribution in [0.2, 0.25) is 0 Å². The molecule has 92 valence electrons. The number of anilines is 1. The molecular formula is C12H16FN3O. The van der Waals surface area contributed by atoms with Crippen LogP contribution in [0.3, 0.4) is 0 Å². The maximum atomic E-state index is 13.1. The molecule has 0 radical (unpaired) electrons. The standard InChI is InChI=1S/C12H16FN3O/c1-16(9-4-5-15-7-9)11-3-2-8(13)6-10(11)12(14)17/h2-3,6,9,15H,4-5,7H2,1H3,(H2,14,17). The number of carbonyl (C=O) groups is 1. The molecule has 5 heteroatoms. The zero-order valence-electron chi connectivity index (χ0n) is 9.74. The van der Waals surface area contributed by atoms with Crippen molar-refractivity contribution < 1.29 is 9.18 Å². The number of nitrogens with zero attached hydrogens (tertiary/aromatic N) is 1. The van der Waals surface area contributed by atoms with Gasteiger partial charge in [0, 0.05) is 25.3 Å². The topological polar surface area (TPSA) is 58.4 Å². The lowest BCUT2D eigenvalue weighted by Crippen LogP contribution is -2.34. The number of nitrogens with one attached hydrogen (secondary N) is 1. The van der Waals surface area contributed by atoms with E-state index in [0.717, 1.165) is 19.5 Å². The third-order valence-corrected chi connectivity index (χ3v) is 3.19. The maximum absolute atomic E-state index is 13.1. The number of halogens is 1. The average molecular weight is 237 g/mol. The number of nitrogens with two attached hydrogens (primary N) is 1. The Balaban J connectivity index is 2.33. The molecule has 0 saturated carbocycles. The molecule has 1 atom stereocenters. The van der Waals surface area contributed by atoms with Crippen LogP contribution >= 0.6 is 0 Å². The Morgan fingerprint density at radius 1 is 1.59 bits per heavy atom. The molecule has 1 aliphatic rings. The van der Waals surface area contributed by atoms with E-state index in [2.05, 4.69) is 5.32 Å². The fraction of sp³-hybridized carbons (Fsp3) is 0.417. The molecule has 1 aliphatic heterocycles. The lowest BCUT2D eigenvalue weighted by atomic mass is 10.1. The summed E-state index contributed by atoms with van der Waals surface area (Å²) in [5.41, 5.74) is 6.20. The van der Waals surface area contributed by atoms with E-state index < -0.39 is 11.7 Å². The summed E-state index contributed by atoms with van der Waals surface area (Å²) in [4.78, 5) is 13.3. The predicted molar refractivity (Wildman–Crippen MR) is 64.6 cm³/mol. The largest absolute Gasteiger partial charge is 0.370 e. The fourth-order valence-corrected chi connectivity index (χ4v) is 2.18. The van der Waals surface area contributed by atoms with Crippen molar-refractivity contribution >= 4 is 11.6 Å². The Kier molecular flexibility index (Phi) is 3.28. The van der Waals surface area contributed by atoms with Gasteiger partial charge in [0.05, 0.1) is 5.56 Å². The predicted octanol–water partition coefficient (Wildman–Crippen LogP) is 0.723. The van der Waals surface area contributed by atoms with Gasteiger partial charge < -0.3 is 16.0 Å². The first kappa shape index (κ1) is 11.9. The average Bonchev–Trinajstić information content (AvgIpc) is 2.81. The zero-order valence-corrected chi connectivity index (χ0v) is 9.74. The highest BCUT2D eigenvalue weighted by atomic mass is 19.1. The summed E-state index contributed by atoms with van der Waals surface area (Å²) in [6, 6.07) is 4.46. The van der Waals surface area contributed by atoms with Crippen molar-refractivity contribution in [2.75, 3.05) is 25.0 Å². The number of amides is 1. The second-order valence-corrected chi connectivity index (χ2v) is 4.28. The van der Waals surface area contributed by atoms with E-state index in [1.807, 2.05) is 11.9 Å². The molecule has 1 saturated heterocycles. The molecule has 2 rings (SSSR count). The normalized spacial score (nSPS) is 19.3. The SMILES string of the molecule is CN(c1ccc(F)cc1C(N)=O)C1CCNC1. The molecule has 1 amide bonds. The minimum atomic E-state index is -0.600. The highest BCUT2D eigenvalue weighted by Crippen LogP contribution is 2.23. The van der Waals surface area contributed by atoms with Gasteiger partial charge in [-0.25, -0.2) is 4.39 Å². The van der Waals surface area contributed by atoms with E-state index in [1.54, 1.807) is 6.07 Å². The Morgan fingerprint density at radius 2 is 2.35 bits per heavy atom. The third kappa shape index (κ3) is 2.39. The van der Waals surface area contributed by atoms with Gasteiger partial charge >= 0.3 is 0 Å². The molecule has 1 unspecified atom stereocenters. The van der Waals surface area contributed by atoms with Crippen LogP contribution in [0.25, 0.3) is 0 Å². The minimum Gasteiger partial charge on any atom is -0.370 e. The van der Waals surface area contributed by atoms with Crippen molar-refractivity contribution in [3.63, 3.8) is 0 Å². The van der Waals surface area contributed by atoms with Crippen molar-refractivity contribution in [2.45, 2.75) is 12.5 Å². The molecule has 3 N–H and O–H groups in total. The van der Waals surface area contributed by atoms with Gasteiger partial charge in [-0.1, -0.05) is 0 Å². The number of primary amides is 1. The van der Waals surface area contributed by atoms with Gasteiger partial charge in [0.2, 0.25) is 0 Å². The number of hydrogen-bond acceptors (Lipinski definition) is 3. The van der Waals surface area contributed by atoms with E-state index >= 15 is 0 Å². The van der Waals surface area contributed by atoms with Gasteiger partial charge in [0.25, 0.3) is 5.91 Å². The first-order valence-electron chi connectivity index (χ1n) is 5.62. The lowest BCUT2D eigenvalue weighted by Gasteiger charge is -2.27. The van der Waals surface area contributed by atoms with Gasteiger partial charge in [0.1, 0.15) is 5.82 Å². The second kappa shape index (κ2) is 4.71.